The fourth-order valence-electron chi connectivity index (χ4n) is 16.7. The molecule has 8 aliphatic rings. The molecule has 0 aromatic carbocycles. The van der Waals surface area contributed by atoms with Crippen molar-refractivity contribution in [2.24, 2.45) is 86.8 Å². The standard InChI is InChI=1S/C23H40O3.C23H36O2.2CH4/c1-14(13-24)17-7-8-18-16-6-5-15-11-21(2,26)9-10-22(15,3)20(16)19(25)12-23(17,18)4;1-14(2)17-8-9-18-16-7-6-15-12-21(3,25)10-11-22(15,4)20(16)19(24)13-23(17,18)5;;/h14-20,24-26H,5-13H2,1-4H3;15-18,20,25H,1,6-13H2,2-5H3;2*1H4/t14-,15-,16+,17-,18+,19?,20-,21+,22+,23-;15-,16+,17-,18+,20-,21+,22+,23-;;/m11../s1. The number of rotatable bonds is 3. The number of aliphatic hydroxyl groups is 4. The molecule has 1 unspecified atom stereocenters. The molecule has 4 N–H and O–H groups in total. The van der Waals surface area contributed by atoms with E-state index >= 15 is 0 Å². The van der Waals surface area contributed by atoms with E-state index in [4.69, 9.17) is 0 Å². The van der Waals surface area contributed by atoms with Gasteiger partial charge in [-0.1, -0.05) is 61.6 Å². The lowest BCUT2D eigenvalue weighted by Crippen LogP contribution is -2.60. The van der Waals surface area contributed by atoms with Crippen molar-refractivity contribution in [1.82, 2.24) is 0 Å². The van der Waals surface area contributed by atoms with Crippen LogP contribution in [0, 0.1) is 86.8 Å². The zero-order valence-electron chi connectivity index (χ0n) is 33.9. The maximum atomic E-state index is 13.5. The van der Waals surface area contributed by atoms with E-state index < -0.39 is 11.2 Å². The second-order valence-electron chi connectivity index (χ2n) is 22.3. The van der Waals surface area contributed by atoms with Gasteiger partial charge in [0.1, 0.15) is 5.78 Å². The maximum absolute atomic E-state index is 13.5. The Balaban J connectivity index is 0.000000197. The largest absolute Gasteiger partial charge is 0.396 e. The summed E-state index contributed by atoms with van der Waals surface area (Å²) in [5.41, 5.74) is 0.878. The first kappa shape index (κ1) is 43.4. The summed E-state index contributed by atoms with van der Waals surface area (Å²) >= 11 is 0. The molecule has 0 bridgehead atoms. The summed E-state index contributed by atoms with van der Waals surface area (Å²) in [6.45, 7) is 22.5. The lowest BCUT2D eigenvalue weighted by atomic mass is 9.43. The summed E-state index contributed by atoms with van der Waals surface area (Å²) in [5.74, 6) is 6.25. The van der Waals surface area contributed by atoms with Gasteiger partial charge in [-0.3, -0.25) is 4.79 Å². The van der Waals surface area contributed by atoms with Crippen LogP contribution >= 0.6 is 0 Å². The molecule has 8 rings (SSSR count). The number of aliphatic hydroxyl groups excluding tert-OH is 2. The van der Waals surface area contributed by atoms with Gasteiger partial charge in [0.2, 0.25) is 0 Å². The summed E-state index contributed by atoms with van der Waals surface area (Å²) in [6, 6.07) is 0. The van der Waals surface area contributed by atoms with Crippen molar-refractivity contribution in [3.63, 3.8) is 0 Å². The Morgan fingerprint density at radius 3 is 1.83 bits per heavy atom. The summed E-state index contributed by atoms with van der Waals surface area (Å²) in [4.78, 5) is 13.5. The van der Waals surface area contributed by atoms with E-state index in [0.717, 1.165) is 51.4 Å². The van der Waals surface area contributed by atoms with Gasteiger partial charge in [0.05, 0.1) is 17.3 Å². The van der Waals surface area contributed by atoms with Gasteiger partial charge in [0.15, 0.2) is 0 Å². The summed E-state index contributed by atoms with van der Waals surface area (Å²) in [5, 5.41) is 42.4. The van der Waals surface area contributed by atoms with E-state index in [1.165, 1.54) is 56.9 Å². The average molecular weight is 741 g/mol. The van der Waals surface area contributed by atoms with Gasteiger partial charge >= 0.3 is 0 Å². The van der Waals surface area contributed by atoms with Crippen molar-refractivity contribution >= 4 is 5.78 Å². The van der Waals surface area contributed by atoms with Gasteiger partial charge in [0.25, 0.3) is 0 Å². The molecular formula is C48H84O5. The zero-order valence-corrected chi connectivity index (χ0v) is 33.9. The SMILES string of the molecule is C.C.C=C(C)[C@H]1CC[C@H]2[C@@H]3CC[C@@H]4C[C@@](C)(O)CC[C@]4(C)[C@H]3C(=O)C[C@]12C.C[C@H](CO)[C@H]1CC[C@H]2[C@@H]3CC[C@@H]4C[C@@](C)(O)CC[C@]4(C)[C@H]3C(O)C[C@]12C. The highest BCUT2D eigenvalue weighted by atomic mass is 16.3. The predicted octanol–water partition coefficient (Wildman–Crippen LogP) is 10.4. The van der Waals surface area contributed by atoms with Crippen LogP contribution in [0.15, 0.2) is 12.2 Å². The van der Waals surface area contributed by atoms with Crippen molar-refractivity contribution in [1.29, 1.82) is 0 Å². The van der Waals surface area contributed by atoms with Crippen LogP contribution in [-0.4, -0.2) is 50.1 Å². The van der Waals surface area contributed by atoms with E-state index in [1.54, 1.807) is 0 Å². The van der Waals surface area contributed by atoms with Crippen molar-refractivity contribution < 1.29 is 25.2 Å². The Hall–Kier alpha value is -0.750. The van der Waals surface area contributed by atoms with Crippen molar-refractivity contribution in [2.45, 2.75) is 190 Å². The smallest absolute Gasteiger partial charge is 0.137 e. The van der Waals surface area contributed by atoms with E-state index in [1.807, 2.05) is 13.8 Å². The monoisotopic (exact) mass is 741 g/mol. The number of ketones is 1. The Bertz CT molecular complexity index is 1350. The number of hydrogen-bond donors (Lipinski definition) is 4. The first-order valence-corrected chi connectivity index (χ1v) is 21.6. The van der Waals surface area contributed by atoms with Gasteiger partial charge in [-0.2, -0.15) is 0 Å². The van der Waals surface area contributed by atoms with Gasteiger partial charge in [-0.15, -0.1) is 0 Å². The highest BCUT2D eigenvalue weighted by Gasteiger charge is 2.65. The molecule has 18 atom stereocenters. The fraction of sp³-hybridized carbons (Fsp3) is 0.938. The second-order valence-corrected chi connectivity index (χ2v) is 22.3. The Morgan fingerprint density at radius 2 is 1.25 bits per heavy atom. The summed E-state index contributed by atoms with van der Waals surface area (Å²) < 4.78 is 0. The Morgan fingerprint density at radius 1 is 0.717 bits per heavy atom. The number of fused-ring (bicyclic) bond motifs is 10. The molecule has 53 heavy (non-hydrogen) atoms. The molecule has 0 aromatic rings. The van der Waals surface area contributed by atoms with Gasteiger partial charge in [-0.05, 0) is 198 Å². The first-order valence-electron chi connectivity index (χ1n) is 21.6. The zero-order chi connectivity index (χ0) is 37.1. The van der Waals surface area contributed by atoms with E-state index in [0.29, 0.717) is 65.0 Å². The Labute approximate surface area is 326 Å². The molecule has 0 heterocycles. The molecular weight excluding hydrogens is 657 g/mol. The predicted molar refractivity (Wildman–Crippen MR) is 218 cm³/mol. The molecule has 0 radical (unpaired) electrons. The van der Waals surface area contributed by atoms with Crippen LogP contribution in [-0.2, 0) is 4.79 Å². The van der Waals surface area contributed by atoms with Gasteiger partial charge in [-0.25, -0.2) is 0 Å². The number of allylic oxidation sites excluding steroid dienone is 1. The minimum Gasteiger partial charge on any atom is -0.396 e. The molecule has 5 heteroatoms. The first-order chi connectivity index (χ1) is 23.7. The van der Waals surface area contributed by atoms with Crippen molar-refractivity contribution in [3.8, 4) is 0 Å². The topological polar surface area (TPSA) is 98.0 Å². The average Bonchev–Trinajstić information content (AvgIpc) is 3.57. The molecule has 5 nitrogen and oxygen atoms in total. The molecule has 8 fully saturated rings. The molecule has 0 saturated heterocycles. The number of carbonyl (C=O) groups excluding carboxylic acids is 1. The van der Waals surface area contributed by atoms with Crippen molar-refractivity contribution in [3.05, 3.63) is 12.2 Å². The molecule has 0 aromatic heterocycles. The Kier molecular flexibility index (Phi) is 11.9. The lowest BCUT2D eigenvalue weighted by molar-refractivity contribution is -0.190. The highest BCUT2D eigenvalue weighted by molar-refractivity contribution is 5.84. The molecule has 0 aliphatic heterocycles. The summed E-state index contributed by atoms with van der Waals surface area (Å²) in [7, 11) is 0. The van der Waals surface area contributed by atoms with Crippen molar-refractivity contribution in [2.75, 3.05) is 6.61 Å². The van der Waals surface area contributed by atoms with E-state index in [9.17, 15) is 25.2 Å². The third-order valence-corrected chi connectivity index (χ3v) is 19.2. The molecule has 8 saturated carbocycles. The maximum Gasteiger partial charge on any atom is 0.137 e. The molecule has 306 valence electrons. The highest BCUT2D eigenvalue weighted by Crippen LogP contribution is 2.70. The molecule has 8 aliphatic carbocycles. The van der Waals surface area contributed by atoms with Crippen LogP contribution < -0.4 is 0 Å². The number of carbonyl (C=O) groups is 1. The van der Waals surface area contributed by atoms with Gasteiger partial charge in [0, 0.05) is 18.9 Å². The number of Topliss-reactive ketones (excluding diaryl/α,β-unsaturated/α-hetero) is 1. The minimum atomic E-state index is -0.526. The lowest BCUT2D eigenvalue weighted by Gasteiger charge is -2.63. The van der Waals surface area contributed by atoms with Crippen LogP contribution in [0.25, 0.3) is 0 Å². The summed E-state index contributed by atoms with van der Waals surface area (Å²) in [6.07, 6.45) is 16.9. The quantitative estimate of drug-likeness (QED) is 0.216. The minimum absolute atomic E-state index is 0. The molecule has 0 amide bonds. The second kappa shape index (κ2) is 14.6. The fourth-order valence-corrected chi connectivity index (χ4v) is 16.7. The van der Waals surface area contributed by atoms with E-state index in [-0.39, 0.29) is 55.1 Å². The van der Waals surface area contributed by atoms with Crippen LogP contribution in [0.1, 0.15) is 173 Å². The number of hydrogen-bond acceptors (Lipinski definition) is 5. The van der Waals surface area contributed by atoms with Crippen LogP contribution in [0.5, 0.6) is 0 Å². The third kappa shape index (κ3) is 6.80. The van der Waals surface area contributed by atoms with Crippen LogP contribution in [0.3, 0.4) is 0 Å². The third-order valence-electron chi connectivity index (χ3n) is 19.2. The molecule has 0 spiro atoms. The van der Waals surface area contributed by atoms with E-state index in [2.05, 4.69) is 48.1 Å². The van der Waals surface area contributed by atoms with Gasteiger partial charge < -0.3 is 20.4 Å². The van der Waals surface area contributed by atoms with Crippen LogP contribution in [0.2, 0.25) is 0 Å². The van der Waals surface area contributed by atoms with Crippen LogP contribution in [0.4, 0.5) is 0 Å². The normalized spacial score (nSPS) is 54.4.